The normalized spacial score (nSPS) is 16.1. The van der Waals surface area contributed by atoms with Gasteiger partial charge in [-0.25, -0.2) is 8.42 Å². The number of carbonyl (C=O) groups is 1. The van der Waals surface area contributed by atoms with Crippen molar-refractivity contribution in [1.82, 2.24) is 16.2 Å². The summed E-state index contributed by atoms with van der Waals surface area (Å²) in [5, 5.41) is 4.37. The van der Waals surface area contributed by atoms with Crippen molar-refractivity contribution < 1.29 is 17.9 Å². The Kier molecular flexibility index (Phi) is 7.99. The summed E-state index contributed by atoms with van der Waals surface area (Å²) in [4.78, 5) is 12.2. The van der Waals surface area contributed by atoms with Crippen LogP contribution in [0.1, 0.15) is 28.8 Å². The van der Waals surface area contributed by atoms with E-state index in [2.05, 4.69) is 20.9 Å². The van der Waals surface area contributed by atoms with Crippen molar-refractivity contribution in [3.63, 3.8) is 0 Å². The molecule has 0 spiro atoms. The molecule has 2 aromatic rings. The van der Waals surface area contributed by atoms with E-state index in [9.17, 15) is 13.2 Å². The van der Waals surface area contributed by atoms with Gasteiger partial charge in [0.2, 0.25) is 0 Å². The smallest absolute Gasteiger partial charge is 0.269 e. The first-order valence-electron chi connectivity index (χ1n) is 9.73. The summed E-state index contributed by atoms with van der Waals surface area (Å²) in [7, 11) is -3.68. The Bertz CT molecular complexity index is 1020. The number of carbonyl (C=O) groups excluding carboxylic acids is 1. The number of hydrogen-bond acceptors (Lipinski definition) is 5. The molecule has 1 aliphatic rings. The van der Waals surface area contributed by atoms with E-state index in [4.69, 9.17) is 17.0 Å². The molecule has 10 heteroatoms. The molecule has 0 saturated carbocycles. The van der Waals surface area contributed by atoms with Gasteiger partial charge in [0, 0.05) is 24.4 Å². The fourth-order valence-corrected chi connectivity index (χ4v) is 3.87. The van der Waals surface area contributed by atoms with Crippen molar-refractivity contribution in [3.05, 3.63) is 71.1 Å². The lowest BCUT2D eigenvalue weighted by Crippen LogP contribution is -2.48. The van der Waals surface area contributed by atoms with E-state index in [0.717, 1.165) is 30.4 Å². The van der Waals surface area contributed by atoms with Gasteiger partial charge in [-0.15, -0.1) is 0 Å². The molecule has 0 aliphatic carbocycles. The molecule has 1 unspecified atom stereocenters. The highest BCUT2D eigenvalue weighted by Gasteiger charge is 2.15. The van der Waals surface area contributed by atoms with E-state index in [0.29, 0.717) is 22.9 Å². The predicted molar refractivity (Wildman–Crippen MR) is 125 cm³/mol. The van der Waals surface area contributed by atoms with E-state index in [-0.39, 0.29) is 6.10 Å². The molecule has 8 nitrogen and oxygen atoms in total. The SMILES string of the molecule is O=C(NNC(=S)NCC1CCCO1)c1ccc(NS(=O)(=O)/C=C/c2ccccc2)cc1. The molecule has 1 fully saturated rings. The number of rotatable bonds is 7. The maximum Gasteiger partial charge on any atom is 0.269 e. The number of hydrogen-bond donors (Lipinski definition) is 4. The molecule has 2 aromatic carbocycles. The number of anilines is 1. The van der Waals surface area contributed by atoms with Crippen LogP contribution in [0.15, 0.2) is 60.0 Å². The molecule has 164 valence electrons. The highest BCUT2D eigenvalue weighted by Crippen LogP contribution is 2.13. The fraction of sp³-hybridized carbons (Fsp3) is 0.238. The summed E-state index contributed by atoms with van der Waals surface area (Å²) in [5.41, 5.74) is 6.59. The van der Waals surface area contributed by atoms with Crippen LogP contribution in [0.25, 0.3) is 6.08 Å². The average molecular weight is 461 g/mol. The first-order chi connectivity index (χ1) is 14.9. The Balaban J connectivity index is 1.46. The zero-order valence-corrected chi connectivity index (χ0v) is 18.3. The third kappa shape index (κ3) is 7.67. The molecule has 3 rings (SSSR count). The van der Waals surface area contributed by atoms with Gasteiger partial charge in [0.15, 0.2) is 5.11 Å². The minimum absolute atomic E-state index is 0.134. The highest BCUT2D eigenvalue weighted by molar-refractivity contribution is 7.95. The van der Waals surface area contributed by atoms with Crippen molar-refractivity contribution in [3.8, 4) is 0 Å². The summed E-state index contributed by atoms with van der Waals surface area (Å²) in [5.74, 6) is -0.403. The maximum absolute atomic E-state index is 12.2. The van der Waals surface area contributed by atoms with Gasteiger partial charge in [0.25, 0.3) is 15.9 Å². The molecular weight excluding hydrogens is 436 g/mol. The number of thiocarbonyl (C=S) groups is 1. The van der Waals surface area contributed by atoms with Crippen LogP contribution in [0.3, 0.4) is 0 Å². The Labute approximate surface area is 187 Å². The van der Waals surface area contributed by atoms with Crippen LogP contribution < -0.4 is 20.9 Å². The van der Waals surface area contributed by atoms with Gasteiger partial charge in [0.1, 0.15) is 0 Å². The van der Waals surface area contributed by atoms with E-state index >= 15 is 0 Å². The van der Waals surface area contributed by atoms with Gasteiger partial charge in [-0.05, 0) is 61.0 Å². The van der Waals surface area contributed by atoms with Crippen molar-refractivity contribution >= 4 is 45.0 Å². The molecule has 0 bridgehead atoms. The zero-order valence-electron chi connectivity index (χ0n) is 16.7. The molecule has 0 aromatic heterocycles. The van der Waals surface area contributed by atoms with Crippen LogP contribution in [-0.2, 0) is 14.8 Å². The minimum atomic E-state index is -3.68. The molecule has 1 amide bonds. The lowest BCUT2D eigenvalue weighted by atomic mass is 10.2. The quantitative estimate of drug-likeness (QED) is 0.371. The number of ether oxygens (including phenoxy) is 1. The molecular formula is C21H24N4O4S2. The fourth-order valence-electron chi connectivity index (χ4n) is 2.86. The predicted octanol–water partition coefficient (Wildman–Crippen LogP) is 2.39. The topological polar surface area (TPSA) is 109 Å². The van der Waals surface area contributed by atoms with Crippen LogP contribution in [0.5, 0.6) is 0 Å². The van der Waals surface area contributed by atoms with Gasteiger partial charge in [-0.3, -0.25) is 20.4 Å². The summed E-state index contributed by atoms with van der Waals surface area (Å²) in [6.07, 6.45) is 3.67. The van der Waals surface area contributed by atoms with Gasteiger partial charge in [-0.1, -0.05) is 30.3 Å². The Morgan fingerprint density at radius 3 is 2.52 bits per heavy atom. The molecule has 31 heavy (non-hydrogen) atoms. The number of hydrazine groups is 1. The number of benzene rings is 2. The number of sulfonamides is 1. The highest BCUT2D eigenvalue weighted by atomic mass is 32.2. The molecule has 1 aliphatic heterocycles. The third-order valence-electron chi connectivity index (χ3n) is 4.45. The second kappa shape index (κ2) is 10.9. The van der Waals surface area contributed by atoms with Crippen LogP contribution >= 0.6 is 12.2 Å². The van der Waals surface area contributed by atoms with Crippen LogP contribution in [0.4, 0.5) is 5.69 Å². The Morgan fingerprint density at radius 2 is 1.84 bits per heavy atom. The van der Waals surface area contributed by atoms with Crippen LogP contribution in [0, 0.1) is 0 Å². The molecule has 0 radical (unpaired) electrons. The van der Waals surface area contributed by atoms with Gasteiger partial charge < -0.3 is 10.1 Å². The van der Waals surface area contributed by atoms with E-state index < -0.39 is 15.9 Å². The zero-order chi connectivity index (χ0) is 22.1. The first kappa shape index (κ1) is 22.7. The number of amides is 1. The monoisotopic (exact) mass is 460 g/mol. The summed E-state index contributed by atoms with van der Waals surface area (Å²) in [6.45, 7) is 1.34. The lowest BCUT2D eigenvalue weighted by molar-refractivity contribution is 0.0943. The molecule has 4 N–H and O–H groups in total. The first-order valence-corrected chi connectivity index (χ1v) is 11.7. The minimum Gasteiger partial charge on any atom is -0.376 e. The standard InChI is InChI=1S/C21H24N4O4S2/c26-20(23-24-21(30)22-15-19-7-4-13-29-19)17-8-10-18(11-9-17)25-31(27,28)14-12-16-5-2-1-3-6-16/h1-3,5-6,8-12,14,19,25H,4,7,13,15H2,(H,23,26)(H2,22,24,30)/b14-12+. The van der Waals surface area contributed by atoms with E-state index in [1.165, 1.54) is 30.3 Å². The third-order valence-corrected chi connectivity index (χ3v) is 5.71. The summed E-state index contributed by atoms with van der Waals surface area (Å²) >= 11 is 5.12. The number of nitrogens with one attached hydrogen (secondary N) is 4. The van der Waals surface area contributed by atoms with Crippen LogP contribution in [-0.4, -0.2) is 38.7 Å². The van der Waals surface area contributed by atoms with Gasteiger partial charge in [-0.2, -0.15) is 0 Å². The maximum atomic E-state index is 12.2. The van der Waals surface area contributed by atoms with Crippen molar-refractivity contribution in [2.75, 3.05) is 17.9 Å². The largest absolute Gasteiger partial charge is 0.376 e. The summed E-state index contributed by atoms with van der Waals surface area (Å²) in [6, 6.07) is 15.2. The Morgan fingerprint density at radius 1 is 1.10 bits per heavy atom. The van der Waals surface area contributed by atoms with Crippen molar-refractivity contribution in [1.29, 1.82) is 0 Å². The summed E-state index contributed by atoms with van der Waals surface area (Å²) < 4.78 is 32.4. The van der Waals surface area contributed by atoms with Crippen molar-refractivity contribution in [2.24, 2.45) is 0 Å². The van der Waals surface area contributed by atoms with E-state index in [1.807, 2.05) is 18.2 Å². The average Bonchev–Trinajstić information content (AvgIpc) is 3.29. The van der Waals surface area contributed by atoms with Gasteiger partial charge in [0.05, 0.1) is 11.5 Å². The van der Waals surface area contributed by atoms with E-state index in [1.54, 1.807) is 12.1 Å². The van der Waals surface area contributed by atoms with Crippen LogP contribution in [0.2, 0.25) is 0 Å². The molecule has 1 heterocycles. The van der Waals surface area contributed by atoms with Gasteiger partial charge >= 0.3 is 0 Å². The Hall–Kier alpha value is -2.95. The second-order valence-corrected chi connectivity index (χ2v) is 8.84. The van der Waals surface area contributed by atoms with Crippen molar-refractivity contribution in [2.45, 2.75) is 18.9 Å². The second-order valence-electron chi connectivity index (χ2n) is 6.86. The lowest BCUT2D eigenvalue weighted by Gasteiger charge is -2.14. The molecule has 1 atom stereocenters. The molecule has 1 saturated heterocycles.